The average Bonchev–Trinajstić information content (AvgIpc) is 3.32. The second-order valence-corrected chi connectivity index (χ2v) is 12.6. The van der Waals surface area contributed by atoms with Crippen molar-refractivity contribution in [3.63, 3.8) is 0 Å². The lowest BCUT2D eigenvalue weighted by molar-refractivity contribution is 0.103. The lowest BCUT2D eigenvalue weighted by Gasteiger charge is -2.21. The molecule has 1 heterocycles. The van der Waals surface area contributed by atoms with E-state index < -0.39 is 10.0 Å². The van der Waals surface area contributed by atoms with E-state index in [1.54, 1.807) is 37.3 Å². The van der Waals surface area contributed by atoms with Crippen LogP contribution in [0.5, 0.6) is 5.75 Å². The molecule has 0 aliphatic carbocycles. The number of anilines is 1. The van der Waals surface area contributed by atoms with Crippen LogP contribution < -0.4 is 9.04 Å². The molecule has 0 atom stereocenters. The van der Waals surface area contributed by atoms with Crippen molar-refractivity contribution in [3.05, 3.63) is 59.4 Å². The van der Waals surface area contributed by atoms with Gasteiger partial charge in [0.05, 0.1) is 24.1 Å². The van der Waals surface area contributed by atoms with Crippen molar-refractivity contribution in [2.75, 3.05) is 43.3 Å². The quantitative estimate of drug-likeness (QED) is 0.107. The summed E-state index contributed by atoms with van der Waals surface area (Å²) in [6.07, 6.45) is 9.50. The molecule has 0 spiro atoms. The van der Waals surface area contributed by atoms with Crippen LogP contribution in [0.3, 0.4) is 0 Å². The number of furan rings is 1. The molecule has 7 nitrogen and oxygen atoms in total. The Hall–Kier alpha value is -2.84. The van der Waals surface area contributed by atoms with E-state index in [4.69, 9.17) is 9.15 Å². The lowest BCUT2D eigenvalue weighted by atomic mass is 9.98. The third-order valence-electron chi connectivity index (χ3n) is 7.36. The van der Waals surface area contributed by atoms with Crippen LogP contribution in [0.1, 0.15) is 94.3 Å². The molecule has 0 fully saturated rings. The first kappa shape index (κ1) is 32.7. The molecule has 0 saturated heterocycles. The van der Waals surface area contributed by atoms with Crippen molar-refractivity contribution >= 4 is 32.5 Å². The summed E-state index contributed by atoms with van der Waals surface area (Å²) in [4.78, 5) is 16.4. The second-order valence-electron chi connectivity index (χ2n) is 10.7. The van der Waals surface area contributed by atoms with Crippen LogP contribution in [0, 0.1) is 0 Å². The smallest absolute Gasteiger partial charge is 0.232 e. The van der Waals surface area contributed by atoms with E-state index in [1.807, 2.05) is 12.1 Å². The predicted octanol–water partition coefficient (Wildman–Crippen LogP) is 7.46. The summed E-state index contributed by atoms with van der Waals surface area (Å²) < 4.78 is 38.2. The van der Waals surface area contributed by atoms with Crippen molar-refractivity contribution in [2.24, 2.45) is 0 Å². The van der Waals surface area contributed by atoms with E-state index in [0.717, 1.165) is 44.6 Å². The average molecular weight is 585 g/mol. The van der Waals surface area contributed by atoms with Crippen LogP contribution in [0.25, 0.3) is 11.0 Å². The van der Waals surface area contributed by atoms with Gasteiger partial charge in [0.2, 0.25) is 10.0 Å². The number of carbonyl (C=O) groups is 1. The zero-order chi connectivity index (χ0) is 29.8. The van der Waals surface area contributed by atoms with Gasteiger partial charge in [0.1, 0.15) is 17.1 Å². The largest absolute Gasteiger partial charge is 0.494 e. The summed E-state index contributed by atoms with van der Waals surface area (Å²) in [5.41, 5.74) is 2.16. The maximum absolute atomic E-state index is 13.8. The van der Waals surface area contributed by atoms with Gasteiger partial charge in [-0.15, -0.1) is 0 Å². The molecule has 0 amide bonds. The fraction of sp³-hybridized carbons (Fsp3) is 0.545. The Morgan fingerprint density at radius 2 is 1.49 bits per heavy atom. The van der Waals surface area contributed by atoms with Gasteiger partial charge in [-0.1, -0.05) is 40.0 Å². The minimum Gasteiger partial charge on any atom is -0.494 e. The number of hydrogen-bond acceptors (Lipinski definition) is 6. The van der Waals surface area contributed by atoms with Crippen molar-refractivity contribution in [2.45, 2.75) is 79.1 Å². The van der Waals surface area contributed by atoms with Crippen LogP contribution in [0.15, 0.2) is 46.9 Å². The topological polar surface area (TPSA) is 80.1 Å². The van der Waals surface area contributed by atoms with E-state index in [1.165, 1.54) is 36.2 Å². The number of carbonyl (C=O) groups excluding carboxylic acids is 1. The first-order valence-corrected chi connectivity index (χ1v) is 17.1. The standard InChI is InChI=1S/C33H48N2O5S/c1-6-10-14-31-32(29-25-27(17-20-30(29)40-31)35(9-4)41(5,37)38)33(36)26-15-18-28(19-16-26)39-24-13-23-34(21-11-7-2)22-12-8-3/h15-20,25H,6-14,21-24H2,1-5H3. The van der Waals surface area contributed by atoms with Crippen molar-refractivity contribution < 1.29 is 22.4 Å². The fourth-order valence-corrected chi connectivity index (χ4v) is 6.05. The highest BCUT2D eigenvalue weighted by atomic mass is 32.2. The van der Waals surface area contributed by atoms with Gasteiger partial charge in [-0.3, -0.25) is 9.10 Å². The van der Waals surface area contributed by atoms with Crippen molar-refractivity contribution in [1.82, 2.24) is 4.90 Å². The summed E-state index contributed by atoms with van der Waals surface area (Å²) in [5, 5.41) is 0.636. The first-order chi connectivity index (χ1) is 19.7. The number of benzene rings is 2. The SMILES string of the molecule is CCCCc1oc2ccc(N(CC)S(C)(=O)=O)cc2c1C(=O)c1ccc(OCCCN(CCCC)CCCC)cc1. The van der Waals surface area contributed by atoms with E-state index in [2.05, 4.69) is 25.7 Å². The maximum Gasteiger partial charge on any atom is 0.232 e. The molecule has 41 heavy (non-hydrogen) atoms. The van der Waals surface area contributed by atoms with E-state index in [9.17, 15) is 13.2 Å². The van der Waals surface area contributed by atoms with Gasteiger partial charge >= 0.3 is 0 Å². The third-order valence-corrected chi connectivity index (χ3v) is 8.63. The molecule has 0 bridgehead atoms. The molecule has 0 aliphatic heterocycles. The summed E-state index contributed by atoms with van der Waals surface area (Å²) in [6.45, 7) is 12.6. The highest BCUT2D eigenvalue weighted by molar-refractivity contribution is 7.92. The number of ketones is 1. The molecule has 0 unspecified atom stereocenters. The van der Waals surface area contributed by atoms with E-state index in [0.29, 0.717) is 53.1 Å². The summed E-state index contributed by atoms with van der Waals surface area (Å²) in [6, 6.07) is 12.5. The Labute approximate surface area is 246 Å². The summed E-state index contributed by atoms with van der Waals surface area (Å²) in [5.74, 6) is 1.25. The zero-order valence-electron chi connectivity index (χ0n) is 25.6. The van der Waals surface area contributed by atoms with Gasteiger partial charge < -0.3 is 14.1 Å². The molecule has 8 heteroatoms. The van der Waals surface area contributed by atoms with Crippen LogP contribution in [0.4, 0.5) is 5.69 Å². The Balaban J connectivity index is 1.77. The Bertz CT molecular complexity index is 1340. The van der Waals surface area contributed by atoms with Gasteiger partial charge in [-0.05, 0) is 88.2 Å². The molecule has 0 aliphatic rings. The molecule has 0 saturated carbocycles. The molecular weight excluding hydrogens is 536 g/mol. The first-order valence-electron chi connectivity index (χ1n) is 15.3. The van der Waals surface area contributed by atoms with E-state index >= 15 is 0 Å². The monoisotopic (exact) mass is 584 g/mol. The molecule has 0 radical (unpaired) electrons. The van der Waals surface area contributed by atoms with E-state index in [-0.39, 0.29) is 5.78 Å². The molecule has 1 aromatic heterocycles. The van der Waals surface area contributed by atoms with Gasteiger partial charge in [-0.2, -0.15) is 0 Å². The molecule has 2 aromatic carbocycles. The van der Waals surface area contributed by atoms with Gasteiger partial charge in [0, 0.05) is 30.5 Å². The molecule has 226 valence electrons. The van der Waals surface area contributed by atoms with Gasteiger partial charge in [0.15, 0.2) is 5.78 Å². The minimum atomic E-state index is -3.46. The number of hydrogen-bond donors (Lipinski definition) is 0. The Kier molecular flexibility index (Phi) is 12.7. The number of nitrogens with zero attached hydrogens (tertiary/aromatic N) is 2. The third kappa shape index (κ3) is 9.07. The number of ether oxygens (including phenoxy) is 1. The number of sulfonamides is 1. The van der Waals surface area contributed by atoms with Gasteiger partial charge in [-0.25, -0.2) is 8.42 Å². The van der Waals surface area contributed by atoms with Crippen LogP contribution in [-0.2, 0) is 16.4 Å². The number of rotatable bonds is 19. The molecule has 3 aromatic rings. The molecule has 3 rings (SSSR count). The van der Waals surface area contributed by atoms with Crippen LogP contribution in [-0.4, -0.2) is 58.1 Å². The highest BCUT2D eigenvalue weighted by Gasteiger charge is 2.24. The Morgan fingerprint density at radius 3 is 2.07 bits per heavy atom. The summed E-state index contributed by atoms with van der Waals surface area (Å²) >= 11 is 0. The summed E-state index contributed by atoms with van der Waals surface area (Å²) in [7, 11) is -3.46. The van der Waals surface area contributed by atoms with Crippen molar-refractivity contribution in [1.29, 1.82) is 0 Å². The molecular formula is C33H48N2O5S. The maximum atomic E-state index is 13.8. The van der Waals surface area contributed by atoms with Crippen molar-refractivity contribution in [3.8, 4) is 5.75 Å². The zero-order valence-corrected chi connectivity index (χ0v) is 26.4. The van der Waals surface area contributed by atoms with Gasteiger partial charge in [0.25, 0.3) is 0 Å². The number of fused-ring (bicyclic) bond motifs is 1. The van der Waals surface area contributed by atoms with Crippen LogP contribution >= 0.6 is 0 Å². The normalized spacial score (nSPS) is 11.9. The lowest BCUT2D eigenvalue weighted by Crippen LogP contribution is -2.29. The molecule has 0 N–H and O–H groups in total. The number of unbranched alkanes of at least 4 members (excludes halogenated alkanes) is 3. The second kappa shape index (κ2) is 16.0. The number of aryl methyl sites for hydroxylation is 1. The van der Waals surface area contributed by atoms with Crippen LogP contribution in [0.2, 0.25) is 0 Å². The minimum absolute atomic E-state index is 0.136. The predicted molar refractivity (Wildman–Crippen MR) is 169 cm³/mol. The highest BCUT2D eigenvalue weighted by Crippen LogP contribution is 2.33. The Morgan fingerprint density at radius 1 is 0.854 bits per heavy atom. The fourth-order valence-electron chi connectivity index (χ4n) is 5.09.